The van der Waals surface area contributed by atoms with Gasteiger partial charge in [-0.05, 0) is 38.6 Å². The first-order valence-corrected chi connectivity index (χ1v) is 7.26. The molecule has 0 spiro atoms. The van der Waals surface area contributed by atoms with Gasteiger partial charge in [0.1, 0.15) is 0 Å². The normalized spacial score (nSPS) is 24.1. The van der Waals surface area contributed by atoms with Gasteiger partial charge in [-0.3, -0.25) is 4.90 Å². The molecule has 1 aliphatic heterocycles. The lowest BCUT2D eigenvalue weighted by atomic mass is 10.1. The van der Waals surface area contributed by atoms with E-state index in [1.165, 1.54) is 24.3 Å². The first kappa shape index (κ1) is 14.4. The average Bonchev–Trinajstić information content (AvgIpc) is 2.73. The summed E-state index contributed by atoms with van der Waals surface area (Å²) in [4.78, 5) is 4.93. The van der Waals surface area contributed by atoms with Crippen LogP contribution in [0.1, 0.15) is 12.5 Å². The van der Waals surface area contributed by atoms with Gasteiger partial charge < -0.3 is 10.2 Å². The van der Waals surface area contributed by atoms with Crippen LogP contribution in [-0.4, -0.2) is 56.1 Å². The number of rotatable bonds is 5. The number of para-hydroxylation sites is 1. The lowest BCUT2D eigenvalue weighted by molar-refractivity contribution is 0.254. The van der Waals surface area contributed by atoms with Crippen molar-refractivity contribution in [2.45, 2.75) is 19.9 Å². The van der Waals surface area contributed by atoms with Crippen molar-refractivity contribution < 1.29 is 0 Å². The van der Waals surface area contributed by atoms with Gasteiger partial charge in [-0.15, -0.1) is 0 Å². The molecule has 0 radical (unpaired) electrons. The van der Waals surface area contributed by atoms with Crippen LogP contribution in [0, 0.1) is 12.8 Å². The number of anilines is 1. The fourth-order valence-electron chi connectivity index (χ4n) is 3.02. The average molecular weight is 261 g/mol. The number of hydrogen-bond acceptors (Lipinski definition) is 3. The van der Waals surface area contributed by atoms with E-state index in [4.69, 9.17) is 0 Å². The van der Waals surface area contributed by atoms with E-state index in [1.54, 1.807) is 0 Å². The van der Waals surface area contributed by atoms with Crippen LogP contribution < -0.4 is 5.32 Å². The maximum atomic E-state index is 3.54. The van der Waals surface area contributed by atoms with E-state index in [9.17, 15) is 0 Å². The van der Waals surface area contributed by atoms with E-state index in [0.29, 0.717) is 6.04 Å². The first-order chi connectivity index (χ1) is 9.08. The third-order valence-corrected chi connectivity index (χ3v) is 4.20. The van der Waals surface area contributed by atoms with Crippen molar-refractivity contribution in [1.82, 2.24) is 9.80 Å². The Kier molecular flexibility index (Phi) is 4.83. The van der Waals surface area contributed by atoms with Crippen molar-refractivity contribution >= 4 is 5.69 Å². The molecule has 1 heterocycles. The Morgan fingerprint density at radius 2 is 2.00 bits per heavy atom. The predicted octanol–water partition coefficient (Wildman–Crippen LogP) is 2.29. The van der Waals surface area contributed by atoms with E-state index >= 15 is 0 Å². The van der Waals surface area contributed by atoms with E-state index in [-0.39, 0.29) is 0 Å². The highest BCUT2D eigenvalue weighted by Crippen LogP contribution is 2.19. The van der Waals surface area contributed by atoms with Crippen LogP contribution in [0.4, 0.5) is 5.69 Å². The van der Waals surface area contributed by atoms with Gasteiger partial charge in [0.15, 0.2) is 0 Å². The summed E-state index contributed by atoms with van der Waals surface area (Å²) >= 11 is 0. The molecule has 1 fully saturated rings. The number of likely N-dealkylation sites (tertiary alicyclic amines) is 1. The van der Waals surface area contributed by atoms with Gasteiger partial charge in [-0.2, -0.15) is 0 Å². The summed E-state index contributed by atoms with van der Waals surface area (Å²) in [6.45, 7) is 9.09. The molecule has 1 aromatic rings. The van der Waals surface area contributed by atoms with Crippen molar-refractivity contribution in [3.8, 4) is 0 Å². The Hall–Kier alpha value is -1.06. The zero-order valence-corrected chi connectivity index (χ0v) is 12.7. The van der Waals surface area contributed by atoms with Crippen LogP contribution in [0.2, 0.25) is 0 Å². The van der Waals surface area contributed by atoms with Gasteiger partial charge in [0.25, 0.3) is 0 Å². The summed E-state index contributed by atoms with van der Waals surface area (Å²) in [5.74, 6) is 0.772. The summed E-state index contributed by atoms with van der Waals surface area (Å²) in [5, 5.41) is 3.54. The van der Waals surface area contributed by atoms with Crippen molar-refractivity contribution in [3.63, 3.8) is 0 Å². The summed E-state index contributed by atoms with van der Waals surface area (Å²) in [5.41, 5.74) is 2.59. The van der Waals surface area contributed by atoms with E-state index in [1.807, 2.05) is 0 Å². The number of benzene rings is 1. The highest BCUT2D eigenvalue weighted by molar-refractivity contribution is 5.50. The number of aryl methyl sites for hydroxylation is 1. The van der Waals surface area contributed by atoms with E-state index in [2.05, 4.69) is 67.3 Å². The van der Waals surface area contributed by atoms with E-state index < -0.39 is 0 Å². The molecule has 0 saturated carbocycles. The zero-order valence-electron chi connectivity index (χ0n) is 12.7. The SMILES string of the molecule is Cc1ccccc1NCCN1CC(C)C(N(C)C)C1. The Morgan fingerprint density at radius 3 is 2.63 bits per heavy atom. The highest BCUT2D eigenvalue weighted by Gasteiger charge is 2.30. The maximum Gasteiger partial charge on any atom is 0.0370 e. The van der Waals surface area contributed by atoms with Gasteiger partial charge in [0.2, 0.25) is 0 Å². The maximum absolute atomic E-state index is 3.54. The highest BCUT2D eigenvalue weighted by atomic mass is 15.2. The fraction of sp³-hybridized carbons (Fsp3) is 0.625. The third kappa shape index (κ3) is 3.71. The molecule has 1 N–H and O–H groups in total. The summed E-state index contributed by atoms with van der Waals surface area (Å²) in [6, 6.07) is 9.20. The standard InChI is InChI=1S/C16H27N3/c1-13-7-5-6-8-15(13)17-9-10-19-11-14(2)16(12-19)18(3)4/h5-8,14,16-17H,9-12H2,1-4H3. The fourth-order valence-corrected chi connectivity index (χ4v) is 3.02. The smallest absolute Gasteiger partial charge is 0.0370 e. The van der Waals surface area contributed by atoms with Crippen molar-refractivity contribution in [3.05, 3.63) is 29.8 Å². The van der Waals surface area contributed by atoms with Gasteiger partial charge in [0.05, 0.1) is 0 Å². The van der Waals surface area contributed by atoms with E-state index in [0.717, 1.165) is 19.0 Å². The van der Waals surface area contributed by atoms with Crippen LogP contribution in [0.3, 0.4) is 0 Å². The number of hydrogen-bond donors (Lipinski definition) is 1. The van der Waals surface area contributed by atoms with Gasteiger partial charge in [-0.1, -0.05) is 25.1 Å². The Bertz CT molecular complexity index is 403. The zero-order chi connectivity index (χ0) is 13.8. The number of nitrogens with zero attached hydrogens (tertiary/aromatic N) is 2. The molecule has 2 rings (SSSR count). The second kappa shape index (κ2) is 6.40. The summed E-state index contributed by atoms with van der Waals surface area (Å²) in [6.07, 6.45) is 0. The Labute approximate surface area is 117 Å². The minimum atomic E-state index is 0.707. The molecule has 19 heavy (non-hydrogen) atoms. The Morgan fingerprint density at radius 1 is 1.26 bits per heavy atom. The van der Waals surface area contributed by atoms with Crippen LogP contribution in [0.15, 0.2) is 24.3 Å². The minimum absolute atomic E-state index is 0.707. The molecular formula is C16H27N3. The molecule has 2 atom stereocenters. The lowest BCUT2D eigenvalue weighted by Crippen LogP contribution is -2.35. The molecule has 0 bridgehead atoms. The molecule has 3 nitrogen and oxygen atoms in total. The molecule has 106 valence electrons. The lowest BCUT2D eigenvalue weighted by Gasteiger charge is -2.22. The molecule has 1 aliphatic rings. The molecule has 3 heteroatoms. The molecule has 1 aromatic carbocycles. The quantitative estimate of drug-likeness (QED) is 0.877. The monoisotopic (exact) mass is 261 g/mol. The largest absolute Gasteiger partial charge is 0.384 e. The molecule has 0 amide bonds. The van der Waals surface area contributed by atoms with Gasteiger partial charge >= 0.3 is 0 Å². The van der Waals surface area contributed by atoms with Crippen molar-refractivity contribution in [2.24, 2.45) is 5.92 Å². The number of likely N-dealkylation sites (N-methyl/N-ethyl adjacent to an activating group) is 1. The third-order valence-electron chi connectivity index (χ3n) is 4.20. The molecule has 2 unspecified atom stereocenters. The number of nitrogens with one attached hydrogen (secondary N) is 1. The van der Waals surface area contributed by atoms with Crippen LogP contribution in [0.5, 0.6) is 0 Å². The van der Waals surface area contributed by atoms with Crippen LogP contribution >= 0.6 is 0 Å². The second-order valence-electron chi connectivity index (χ2n) is 6.01. The molecular weight excluding hydrogens is 234 g/mol. The molecule has 1 saturated heterocycles. The minimum Gasteiger partial charge on any atom is -0.384 e. The topological polar surface area (TPSA) is 18.5 Å². The van der Waals surface area contributed by atoms with Gasteiger partial charge in [0, 0.05) is 37.9 Å². The van der Waals surface area contributed by atoms with Crippen molar-refractivity contribution in [2.75, 3.05) is 45.6 Å². The second-order valence-corrected chi connectivity index (χ2v) is 6.01. The summed E-state index contributed by atoms with van der Waals surface area (Å²) < 4.78 is 0. The summed E-state index contributed by atoms with van der Waals surface area (Å²) in [7, 11) is 4.38. The van der Waals surface area contributed by atoms with Crippen LogP contribution in [0.25, 0.3) is 0 Å². The first-order valence-electron chi connectivity index (χ1n) is 7.26. The predicted molar refractivity (Wildman–Crippen MR) is 82.7 cm³/mol. The van der Waals surface area contributed by atoms with Gasteiger partial charge in [-0.25, -0.2) is 0 Å². The Balaban J connectivity index is 1.77. The van der Waals surface area contributed by atoms with Crippen molar-refractivity contribution in [1.29, 1.82) is 0 Å². The van der Waals surface area contributed by atoms with Crippen LogP contribution in [-0.2, 0) is 0 Å². The molecule has 0 aromatic heterocycles. The molecule has 0 aliphatic carbocycles.